The van der Waals surface area contributed by atoms with Crippen molar-refractivity contribution >= 4 is 44.7 Å². The average molecular weight is 969 g/mol. The van der Waals surface area contributed by atoms with Crippen LogP contribution in [0.1, 0.15) is 116 Å². The number of aromatic nitrogens is 2. The number of hydrogen-bond acceptors (Lipinski definition) is 12. The molecule has 2 aromatic heterocycles. The first kappa shape index (κ1) is 48.8. The first-order valence-corrected chi connectivity index (χ1v) is 24.8. The molecule has 3 aliphatic heterocycles. The van der Waals surface area contributed by atoms with E-state index in [4.69, 9.17) is 18.9 Å². The number of amides is 4. The molecule has 2 saturated carbocycles. The summed E-state index contributed by atoms with van der Waals surface area (Å²) in [6.45, 7) is 6.77. The van der Waals surface area contributed by atoms with Gasteiger partial charge in [-0.3, -0.25) is 24.1 Å². The molecule has 16 nitrogen and oxygen atoms in total. The maximum atomic E-state index is 15.0. The molecule has 0 bridgehead atoms. The Morgan fingerprint density at radius 1 is 1.00 bits per heavy atom. The number of carbonyl (C=O) groups is 4. The molecule has 20 heteroatoms. The molecule has 3 N–H and O–H groups in total. The highest BCUT2D eigenvalue weighted by Gasteiger charge is 2.60. The number of alkyl carbamates (subject to hydrolysis) is 1. The molecule has 3 aromatic rings. The summed E-state index contributed by atoms with van der Waals surface area (Å²) < 4.78 is 96.8. The van der Waals surface area contributed by atoms with Crippen LogP contribution in [0.4, 0.5) is 18.0 Å². The third kappa shape index (κ3) is 10.3. The van der Waals surface area contributed by atoms with Crippen molar-refractivity contribution < 1.29 is 59.7 Å². The number of carbonyl (C=O) groups excluding carboxylic acids is 4. The predicted molar refractivity (Wildman–Crippen MR) is 242 cm³/mol. The molecular formula is C48H59F3N6O10S. The molecule has 4 amide bonds. The fraction of sp³-hybridized carbons (Fsp3) is 0.583. The van der Waals surface area contributed by atoms with Crippen LogP contribution in [0.15, 0.2) is 54.9 Å². The minimum atomic E-state index is -4.97. The van der Waals surface area contributed by atoms with Gasteiger partial charge in [0.1, 0.15) is 40.3 Å². The van der Waals surface area contributed by atoms with E-state index >= 15 is 13.2 Å². The van der Waals surface area contributed by atoms with Gasteiger partial charge in [-0.1, -0.05) is 25.0 Å². The van der Waals surface area contributed by atoms with Crippen molar-refractivity contribution in [3.63, 3.8) is 0 Å². The Labute approximate surface area is 393 Å². The lowest BCUT2D eigenvalue weighted by molar-refractivity contribution is -0.145. The first-order chi connectivity index (χ1) is 32.1. The van der Waals surface area contributed by atoms with E-state index in [0.717, 1.165) is 0 Å². The van der Waals surface area contributed by atoms with E-state index in [9.17, 15) is 27.6 Å². The van der Waals surface area contributed by atoms with Crippen molar-refractivity contribution in [2.24, 2.45) is 5.92 Å². The normalized spacial score (nSPS) is 26.6. The molecule has 0 unspecified atom stereocenters. The minimum Gasteiger partial charge on any atom is -0.493 e. The van der Waals surface area contributed by atoms with Crippen LogP contribution < -0.4 is 29.6 Å². The molecule has 1 saturated heterocycles. The van der Waals surface area contributed by atoms with E-state index in [2.05, 4.69) is 25.3 Å². The van der Waals surface area contributed by atoms with Gasteiger partial charge in [0.2, 0.25) is 21.8 Å². The highest BCUT2D eigenvalue weighted by molar-refractivity contribution is 7.91. The van der Waals surface area contributed by atoms with E-state index in [1.54, 1.807) is 57.4 Å². The highest BCUT2D eigenvalue weighted by Crippen LogP contribution is 2.50. The molecule has 8 rings (SSSR count). The van der Waals surface area contributed by atoms with Gasteiger partial charge < -0.3 is 34.5 Å². The summed E-state index contributed by atoms with van der Waals surface area (Å²) in [5, 5.41) is 5.93. The van der Waals surface area contributed by atoms with E-state index in [-0.39, 0.29) is 56.3 Å². The molecule has 5 aliphatic rings. The zero-order valence-corrected chi connectivity index (χ0v) is 39.5. The Kier molecular flexibility index (Phi) is 13.4. The largest absolute Gasteiger partial charge is 0.493 e. The van der Waals surface area contributed by atoms with Crippen LogP contribution >= 0.6 is 0 Å². The van der Waals surface area contributed by atoms with Gasteiger partial charge in [0.15, 0.2) is 11.4 Å². The van der Waals surface area contributed by atoms with Crippen LogP contribution in [-0.4, -0.2) is 100 Å². The number of aryl methyl sites for hydroxylation is 1. The third-order valence-corrected chi connectivity index (χ3v) is 15.8. The summed E-state index contributed by atoms with van der Waals surface area (Å²) in [4.78, 5) is 66.6. The smallest absolute Gasteiger partial charge is 0.437 e. The quantitative estimate of drug-likeness (QED) is 0.141. The molecule has 3 fully saturated rings. The Balaban J connectivity index is 1.12. The molecule has 68 heavy (non-hydrogen) atoms. The summed E-state index contributed by atoms with van der Waals surface area (Å²) in [5.41, 5.74) is -5.18. The zero-order chi connectivity index (χ0) is 48.7. The maximum Gasteiger partial charge on any atom is 0.437 e. The van der Waals surface area contributed by atoms with Gasteiger partial charge in [-0.2, -0.15) is 13.2 Å². The van der Waals surface area contributed by atoms with E-state index in [1.807, 2.05) is 12.2 Å². The minimum absolute atomic E-state index is 0.0334. The van der Waals surface area contributed by atoms with Crippen molar-refractivity contribution in [2.75, 3.05) is 19.8 Å². The fourth-order valence-electron chi connectivity index (χ4n) is 9.48. The van der Waals surface area contributed by atoms with Gasteiger partial charge in [-0.25, -0.2) is 18.2 Å². The van der Waals surface area contributed by atoms with Crippen LogP contribution in [-0.2, 0) is 41.7 Å². The number of rotatable bonds is 10. The van der Waals surface area contributed by atoms with Crippen molar-refractivity contribution in [3.05, 3.63) is 66.1 Å². The highest BCUT2D eigenvalue weighted by atomic mass is 32.2. The number of halogens is 3. The molecule has 368 valence electrons. The lowest BCUT2D eigenvalue weighted by Crippen LogP contribution is -2.70. The van der Waals surface area contributed by atoms with Crippen molar-refractivity contribution in [2.45, 2.75) is 151 Å². The molecule has 2 aliphatic carbocycles. The summed E-state index contributed by atoms with van der Waals surface area (Å²) in [6, 6.07) is 5.51. The number of hydrogen-bond donors (Lipinski definition) is 3. The fourth-order valence-corrected chi connectivity index (χ4v) is 10.8. The van der Waals surface area contributed by atoms with Crippen molar-refractivity contribution in [1.82, 2.24) is 30.2 Å². The zero-order valence-electron chi connectivity index (χ0n) is 38.7. The molecule has 1 spiro atoms. The van der Waals surface area contributed by atoms with Crippen LogP contribution in [0.5, 0.6) is 17.2 Å². The lowest BCUT2D eigenvalue weighted by atomic mass is 9.65. The Bertz CT molecular complexity index is 2570. The first-order valence-electron chi connectivity index (χ1n) is 23.4. The topological polar surface area (TPSA) is 204 Å². The molecule has 0 radical (unpaired) electrons. The second kappa shape index (κ2) is 18.7. The molecule has 5 heterocycles. The molecule has 1 aromatic carbocycles. The SMILES string of the molecule is CC(C)(C)OC(=O)N[C@H]1CCCCC/C=C\[C@@H]2CC[C@@]2(C(=O)NS(=O)(=O)C2(C)CC2)NC(=O)[C@@H]2C[C@]3(CCc4c(c(C(F)(F)F)nc5ccc(OCCCOc6cccnc6)cc45)O3)CN2C1=O. The van der Waals surface area contributed by atoms with Gasteiger partial charge in [0.25, 0.3) is 5.91 Å². The summed E-state index contributed by atoms with van der Waals surface area (Å²) in [6.07, 6.45) is 5.25. The van der Waals surface area contributed by atoms with Crippen LogP contribution in [0.2, 0.25) is 0 Å². The molecular weight excluding hydrogens is 910 g/mol. The number of ether oxygens (including phenoxy) is 4. The number of fused-ring (bicyclic) bond motifs is 5. The van der Waals surface area contributed by atoms with E-state index < -0.39 is 90.9 Å². The van der Waals surface area contributed by atoms with Crippen LogP contribution in [0.25, 0.3) is 10.9 Å². The summed E-state index contributed by atoms with van der Waals surface area (Å²) in [7, 11) is -4.13. The van der Waals surface area contributed by atoms with Gasteiger partial charge in [0, 0.05) is 35.9 Å². The van der Waals surface area contributed by atoms with Crippen LogP contribution in [0, 0.1) is 5.92 Å². The second-order valence-electron chi connectivity index (χ2n) is 19.9. The van der Waals surface area contributed by atoms with Gasteiger partial charge in [-0.05, 0) is 116 Å². The Morgan fingerprint density at radius 3 is 2.44 bits per heavy atom. The van der Waals surface area contributed by atoms with Crippen molar-refractivity contribution in [1.29, 1.82) is 0 Å². The monoisotopic (exact) mass is 968 g/mol. The number of nitrogens with one attached hydrogen (secondary N) is 3. The molecule has 5 atom stereocenters. The van der Waals surface area contributed by atoms with E-state index in [1.165, 1.54) is 17.9 Å². The van der Waals surface area contributed by atoms with Gasteiger partial charge in [0.05, 0.1) is 36.2 Å². The predicted octanol–water partition coefficient (Wildman–Crippen LogP) is 6.84. The number of allylic oxidation sites excluding steroid dienone is 1. The number of nitrogens with zero attached hydrogens (tertiary/aromatic N) is 3. The van der Waals surface area contributed by atoms with E-state index in [0.29, 0.717) is 74.9 Å². The average Bonchev–Trinajstić information content (AvgIpc) is 3.93. The van der Waals surface area contributed by atoms with Gasteiger partial charge in [-0.15, -0.1) is 0 Å². The Morgan fingerprint density at radius 2 is 1.76 bits per heavy atom. The standard InChI is InChI=1S/C48H59F3N6O10S/c1-44(2,3)67-43(61)54-36-14-9-7-5-6-8-12-30-17-20-47(30,42(60)56-68(62,63)45(4)21-22-45)55-40(58)37-27-46(29-57(37)41(36)59)19-18-33-34-26-31(64-24-11-25-65-32-13-10-23-52-28-32)15-16-35(34)53-39(38(33)66-46)48(49,50)51/h8,10,12-13,15-16,23,26,28,30,36-37H,5-7,9,11,14,17-22,24-25,27,29H2,1-4H3,(H,54,61)(H,55,58)(H,56,60)/b12-8-/t30-,36+,37+,46-,47-/m1/s1. The lowest BCUT2D eigenvalue weighted by Gasteiger charge is -2.48. The number of benzene rings is 1. The van der Waals surface area contributed by atoms with Crippen LogP contribution in [0.3, 0.4) is 0 Å². The number of sulfonamides is 1. The number of alkyl halides is 3. The number of pyridine rings is 2. The maximum absolute atomic E-state index is 15.0. The van der Waals surface area contributed by atoms with Gasteiger partial charge >= 0.3 is 12.3 Å². The third-order valence-electron chi connectivity index (χ3n) is 13.7. The summed E-state index contributed by atoms with van der Waals surface area (Å²) in [5.74, 6) is -2.55. The summed E-state index contributed by atoms with van der Waals surface area (Å²) >= 11 is 0. The second-order valence-corrected chi connectivity index (χ2v) is 22.1. The van der Waals surface area contributed by atoms with Crippen molar-refractivity contribution in [3.8, 4) is 17.2 Å². The Hall–Kier alpha value is -5.66.